The van der Waals surface area contributed by atoms with Gasteiger partial charge in [-0.25, -0.2) is 9.18 Å². The lowest BCUT2D eigenvalue weighted by Crippen LogP contribution is -2.32. The first kappa shape index (κ1) is 22.1. The van der Waals surface area contributed by atoms with Crippen molar-refractivity contribution in [2.24, 2.45) is 5.92 Å². The lowest BCUT2D eigenvalue weighted by atomic mass is 9.72. The van der Waals surface area contributed by atoms with Crippen molar-refractivity contribution in [1.82, 2.24) is 0 Å². The lowest BCUT2D eigenvalue weighted by molar-refractivity contribution is 0.0697. The van der Waals surface area contributed by atoms with Gasteiger partial charge in [-0.15, -0.1) is 0 Å². The van der Waals surface area contributed by atoms with E-state index in [4.69, 9.17) is 9.47 Å². The number of carboxylic acid groups (broad SMARTS) is 1. The van der Waals surface area contributed by atoms with E-state index < -0.39 is 5.97 Å². The third-order valence-electron chi connectivity index (χ3n) is 6.05. The number of aromatic carboxylic acids is 1. The Labute approximate surface area is 194 Å². The molecule has 4 rings (SSSR count). The standard InChI is InChI=1S/C25H23BrFNO4/c1-13-22(15-6-9-20(31-2)21(10-15)32-3)18-11-16(26)12-19(25(29)30)24(18)28-23(13)14-4-7-17(27)8-5-14/h4-13,22-23,28H,1-3H3,(H,29,30)/t13-,22-,23+/m0/s1. The zero-order valence-corrected chi connectivity index (χ0v) is 19.4. The maximum Gasteiger partial charge on any atom is 0.337 e. The van der Waals surface area contributed by atoms with Crippen molar-refractivity contribution in [2.75, 3.05) is 19.5 Å². The summed E-state index contributed by atoms with van der Waals surface area (Å²) in [6.07, 6.45) is 0. The Morgan fingerprint density at radius 3 is 2.28 bits per heavy atom. The molecule has 1 heterocycles. The molecule has 0 saturated carbocycles. The predicted molar refractivity (Wildman–Crippen MR) is 124 cm³/mol. The molecule has 0 unspecified atom stereocenters. The molecule has 1 aliphatic rings. The maximum atomic E-state index is 13.6. The molecule has 3 aromatic carbocycles. The number of hydrogen-bond donors (Lipinski definition) is 2. The summed E-state index contributed by atoms with van der Waals surface area (Å²) in [6, 6.07) is 15.4. The van der Waals surface area contributed by atoms with Crippen LogP contribution in [0.3, 0.4) is 0 Å². The highest BCUT2D eigenvalue weighted by Crippen LogP contribution is 2.50. The van der Waals surface area contributed by atoms with Crippen LogP contribution in [0.4, 0.5) is 10.1 Å². The molecule has 3 aromatic rings. The summed E-state index contributed by atoms with van der Waals surface area (Å²) in [6.45, 7) is 2.10. The van der Waals surface area contributed by atoms with Gasteiger partial charge in [0, 0.05) is 10.4 Å². The van der Waals surface area contributed by atoms with Gasteiger partial charge in [-0.1, -0.05) is 41.1 Å². The topological polar surface area (TPSA) is 67.8 Å². The number of ether oxygens (including phenoxy) is 2. The summed E-state index contributed by atoms with van der Waals surface area (Å²) < 4.78 is 25.2. The van der Waals surface area contributed by atoms with Crippen molar-refractivity contribution in [3.8, 4) is 11.5 Å². The molecule has 2 N–H and O–H groups in total. The largest absolute Gasteiger partial charge is 0.493 e. The first-order valence-corrected chi connectivity index (χ1v) is 10.9. The van der Waals surface area contributed by atoms with Crippen LogP contribution in [0, 0.1) is 11.7 Å². The van der Waals surface area contributed by atoms with Crippen LogP contribution in [-0.2, 0) is 0 Å². The number of benzene rings is 3. The zero-order valence-electron chi connectivity index (χ0n) is 17.9. The normalized spacial score (nSPS) is 19.6. The Morgan fingerprint density at radius 1 is 1.00 bits per heavy atom. The highest BCUT2D eigenvalue weighted by molar-refractivity contribution is 9.10. The first-order chi connectivity index (χ1) is 15.3. The molecule has 0 radical (unpaired) electrons. The van der Waals surface area contributed by atoms with E-state index in [2.05, 4.69) is 28.2 Å². The molecular formula is C25H23BrFNO4. The average Bonchev–Trinajstić information content (AvgIpc) is 2.78. The molecule has 0 saturated heterocycles. The minimum Gasteiger partial charge on any atom is -0.493 e. The Bertz CT molecular complexity index is 1170. The van der Waals surface area contributed by atoms with Gasteiger partial charge in [0.1, 0.15) is 5.82 Å². The molecule has 0 aliphatic carbocycles. The summed E-state index contributed by atoms with van der Waals surface area (Å²) in [4.78, 5) is 12.1. The third kappa shape index (κ3) is 3.93. The van der Waals surface area contributed by atoms with Gasteiger partial charge in [0.15, 0.2) is 11.5 Å². The number of nitrogens with one attached hydrogen (secondary N) is 1. The fourth-order valence-electron chi connectivity index (χ4n) is 4.55. The summed E-state index contributed by atoms with van der Waals surface area (Å²) >= 11 is 3.47. The summed E-state index contributed by atoms with van der Waals surface area (Å²) in [5.74, 6) is -0.242. The minimum atomic E-state index is -1.02. The number of fused-ring (bicyclic) bond motifs is 1. The summed E-state index contributed by atoms with van der Waals surface area (Å²) in [5, 5.41) is 13.3. The van der Waals surface area contributed by atoms with Crippen LogP contribution < -0.4 is 14.8 Å². The highest BCUT2D eigenvalue weighted by Gasteiger charge is 2.38. The van der Waals surface area contributed by atoms with Crippen molar-refractivity contribution in [3.05, 3.63) is 87.1 Å². The first-order valence-electron chi connectivity index (χ1n) is 10.1. The number of anilines is 1. The number of hydrogen-bond acceptors (Lipinski definition) is 4. The van der Waals surface area contributed by atoms with E-state index in [1.807, 2.05) is 24.3 Å². The Morgan fingerprint density at radius 2 is 1.66 bits per heavy atom. The monoisotopic (exact) mass is 499 g/mol. The number of carbonyl (C=O) groups is 1. The quantitative estimate of drug-likeness (QED) is 0.434. The molecule has 0 fully saturated rings. The van der Waals surface area contributed by atoms with Crippen molar-refractivity contribution in [2.45, 2.75) is 18.9 Å². The van der Waals surface area contributed by atoms with Crippen molar-refractivity contribution < 1.29 is 23.8 Å². The molecule has 0 spiro atoms. The predicted octanol–water partition coefficient (Wildman–Crippen LogP) is 6.24. The maximum absolute atomic E-state index is 13.6. The average molecular weight is 500 g/mol. The number of rotatable bonds is 5. The zero-order chi connectivity index (χ0) is 23.0. The fraction of sp³-hybridized carbons (Fsp3) is 0.240. The third-order valence-corrected chi connectivity index (χ3v) is 6.50. The van der Waals surface area contributed by atoms with Crippen LogP contribution in [0.25, 0.3) is 0 Å². The molecule has 7 heteroatoms. The van der Waals surface area contributed by atoms with Gasteiger partial charge in [-0.2, -0.15) is 0 Å². The van der Waals surface area contributed by atoms with Crippen LogP contribution in [0.2, 0.25) is 0 Å². The van der Waals surface area contributed by atoms with E-state index in [1.165, 1.54) is 12.1 Å². The molecular weight excluding hydrogens is 477 g/mol. The summed E-state index contributed by atoms with van der Waals surface area (Å²) in [5.41, 5.74) is 3.47. The van der Waals surface area contributed by atoms with E-state index >= 15 is 0 Å². The van der Waals surface area contributed by atoms with Crippen LogP contribution >= 0.6 is 15.9 Å². The Kier molecular flexibility index (Phi) is 6.11. The second kappa shape index (κ2) is 8.82. The van der Waals surface area contributed by atoms with Gasteiger partial charge in [-0.05, 0) is 59.0 Å². The summed E-state index contributed by atoms with van der Waals surface area (Å²) in [7, 11) is 3.17. The van der Waals surface area contributed by atoms with Crippen LogP contribution in [0.5, 0.6) is 11.5 Å². The van der Waals surface area contributed by atoms with E-state index in [1.54, 1.807) is 32.4 Å². The second-order valence-corrected chi connectivity index (χ2v) is 8.76. The van der Waals surface area contributed by atoms with Gasteiger partial charge in [0.05, 0.1) is 31.5 Å². The van der Waals surface area contributed by atoms with Crippen LogP contribution in [0.15, 0.2) is 59.1 Å². The fourth-order valence-corrected chi connectivity index (χ4v) is 5.03. The van der Waals surface area contributed by atoms with Crippen LogP contribution in [0.1, 0.15) is 45.9 Å². The number of methoxy groups -OCH3 is 2. The molecule has 0 amide bonds. The van der Waals surface area contributed by atoms with Gasteiger partial charge < -0.3 is 19.9 Å². The van der Waals surface area contributed by atoms with Gasteiger partial charge in [-0.3, -0.25) is 0 Å². The van der Waals surface area contributed by atoms with Crippen molar-refractivity contribution >= 4 is 27.6 Å². The van der Waals surface area contributed by atoms with Crippen molar-refractivity contribution in [1.29, 1.82) is 0 Å². The van der Waals surface area contributed by atoms with Gasteiger partial charge in [0.25, 0.3) is 0 Å². The number of carboxylic acids is 1. The lowest BCUT2D eigenvalue weighted by Gasteiger charge is -2.40. The molecule has 5 nitrogen and oxygen atoms in total. The Hall–Kier alpha value is -3.06. The second-order valence-electron chi connectivity index (χ2n) is 7.85. The Balaban J connectivity index is 1.93. The molecule has 0 bridgehead atoms. The minimum absolute atomic E-state index is 0.0157. The molecule has 3 atom stereocenters. The van der Waals surface area contributed by atoms with Crippen molar-refractivity contribution in [3.63, 3.8) is 0 Å². The van der Waals surface area contributed by atoms with E-state index in [9.17, 15) is 14.3 Å². The molecule has 166 valence electrons. The molecule has 0 aromatic heterocycles. The van der Waals surface area contributed by atoms with Gasteiger partial charge in [0.2, 0.25) is 0 Å². The highest BCUT2D eigenvalue weighted by atomic mass is 79.9. The van der Waals surface area contributed by atoms with Crippen LogP contribution in [-0.4, -0.2) is 25.3 Å². The SMILES string of the molecule is COc1ccc([C@H]2c3cc(Br)cc(C(=O)O)c3N[C@@H](c3ccc(F)cc3)[C@H]2C)cc1OC. The van der Waals surface area contributed by atoms with Gasteiger partial charge >= 0.3 is 5.97 Å². The molecule has 1 aliphatic heterocycles. The smallest absolute Gasteiger partial charge is 0.337 e. The molecule has 32 heavy (non-hydrogen) atoms. The van der Waals surface area contributed by atoms with E-state index in [0.717, 1.165) is 16.7 Å². The van der Waals surface area contributed by atoms with E-state index in [-0.39, 0.29) is 29.3 Å². The number of halogens is 2. The van der Waals surface area contributed by atoms with E-state index in [0.29, 0.717) is 21.7 Å².